The highest BCUT2D eigenvalue weighted by atomic mass is 16.3. The van der Waals surface area contributed by atoms with Crippen molar-refractivity contribution in [1.29, 1.82) is 0 Å². The first-order valence-electron chi connectivity index (χ1n) is 15.4. The molecule has 4 aromatic carbocycles. The second-order valence-electron chi connectivity index (χ2n) is 12.0. The standard InChI is InChI=1S/C40H29N3O/c1-25-12-3-2-4-13-27(25)38-32-16-5-8-19-34(32)41-40(42-38)43-35-20-9-6-14-29(35)33-24-26(22-23-36(33)43)28-17-11-18-31-30-15-7-10-21-37(30)44-39(28)31/h3,5-8,10-11,13-19,21-25,27H,9,12,20H2,1H3. The molecule has 2 atom stereocenters. The highest BCUT2D eigenvalue weighted by Crippen LogP contribution is 2.40. The van der Waals surface area contributed by atoms with Gasteiger partial charge in [0.15, 0.2) is 0 Å². The Kier molecular flexibility index (Phi) is 5.61. The van der Waals surface area contributed by atoms with Gasteiger partial charge in [-0.1, -0.05) is 91.2 Å². The van der Waals surface area contributed by atoms with E-state index in [0.29, 0.717) is 5.92 Å². The maximum absolute atomic E-state index is 6.41. The number of hydrogen-bond donors (Lipinski definition) is 0. The van der Waals surface area contributed by atoms with Gasteiger partial charge in [0.2, 0.25) is 5.95 Å². The van der Waals surface area contributed by atoms with E-state index in [0.717, 1.165) is 80.4 Å². The van der Waals surface area contributed by atoms with Gasteiger partial charge < -0.3 is 4.42 Å². The minimum absolute atomic E-state index is 0.126. The summed E-state index contributed by atoms with van der Waals surface area (Å²) < 4.78 is 8.71. The first kappa shape index (κ1) is 25.1. The Hall–Kier alpha value is -5.40. The Morgan fingerprint density at radius 3 is 2.66 bits per heavy atom. The van der Waals surface area contributed by atoms with Crippen molar-refractivity contribution in [3.05, 3.63) is 132 Å². The van der Waals surface area contributed by atoms with Gasteiger partial charge in [-0.15, -0.1) is 0 Å². The lowest BCUT2D eigenvalue weighted by atomic mass is 9.87. The average molecular weight is 568 g/mol. The van der Waals surface area contributed by atoms with Crippen molar-refractivity contribution in [2.75, 3.05) is 0 Å². The van der Waals surface area contributed by atoms with Crippen molar-refractivity contribution in [1.82, 2.24) is 14.5 Å². The smallest absolute Gasteiger partial charge is 0.235 e. The summed E-state index contributed by atoms with van der Waals surface area (Å²) in [6, 6.07) is 29.9. The van der Waals surface area contributed by atoms with Crippen molar-refractivity contribution in [2.45, 2.75) is 32.1 Å². The molecule has 3 heterocycles. The monoisotopic (exact) mass is 567 g/mol. The molecule has 0 N–H and O–H groups in total. The number of para-hydroxylation sites is 3. The summed E-state index contributed by atoms with van der Waals surface area (Å²) in [6.45, 7) is 2.28. The van der Waals surface area contributed by atoms with E-state index in [1.807, 2.05) is 12.1 Å². The van der Waals surface area contributed by atoms with Crippen LogP contribution in [0, 0.1) is 5.92 Å². The molecule has 0 fully saturated rings. The van der Waals surface area contributed by atoms with Crippen LogP contribution in [0.3, 0.4) is 0 Å². The van der Waals surface area contributed by atoms with Crippen molar-refractivity contribution in [3.8, 4) is 17.1 Å². The molecular weight excluding hydrogens is 538 g/mol. The van der Waals surface area contributed by atoms with E-state index in [1.54, 1.807) is 0 Å². The first-order chi connectivity index (χ1) is 21.7. The lowest BCUT2D eigenvalue weighted by Crippen LogP contribution is -2.14. The summed E-state index contributed by atoms with van der Waals surface area (Å²) in [5.74, 6) is 1.24. The summed E-state index contributed by atoms with van der Waals surface area (Å²) in [5.41, 5.74) is 16.1. The molecule has 210 valence electrons. The van der Waals surface area contributed by atoms with Gasteiger partial charge in [-0.3, -0.25) is 4.57 Å². The Balaban J connectivity index is 1.28. The molecule has 0 radical (unpaired) electrons. The van der Waals surface area contributed by atoms with Crippen LogP contribution in [0.5, 0.6) is 0 Å². The summed E-state index contributed by atoms with van der Waals surface area (Å²) in [6.07, 6.45) is 11.6. The lowest BCUT2D eigenvalue weighted by molar-refractivity contribution is 0.526. The largest absolute Gasteiger partial charge is 0.455 e. The van der Waals surface area contributed by atoms with E-state index in [1.165, 1.54) is 16.6 Å². The van der Waals surface area contributed by atoms with E-state index in [4.69, 9.17) is 14.4 Å². The minimum atomic E-state index is 0.126. The molecule has 0 amide bonds. The van der Waals surface area contributed by atoms with Crippen molar-refractivity contribution >= 4 is 49.8 Å². The average Bonchev–Trinajstić information content (AvgIpc) is 3.53. The number of aromatic nitrogens is 3. The van der Waals surface area contributed by atoms with Gasteiger partial charge >= 0.3 is 0 Å². The predicted octanol–water partition coefficient (Wildman–Crippen LogP) is 10.1. The summed E-state index contributed by atoms with van der Waals surface area (Å²) >= 11 is 0. The number of nitrogens with zero attached hydrogens (tertiary/aromatic N) is 3. The molecule has 0 aliphatic heterocycles. The number of allylic oxidation sites excluding steroid dienone is 3. The quantitative estimate of drug-likeness (QED) is 0.200. The number of furan rings is 1. The van der Waals surface area contributed by atoms with Gasteiger partial charge in [-0.05, 0) is 67.2 Å². The van der Waals surface area contributed by atoms with E-state index >= 15 is 0 Å². The molecule has 2 unspecified atom stereocenters. The molecule has 3 aromatic heterocycles. The number of benzene rings is 4. The van der Waals surface area contributed by atoms with Crippen LogP contribution in [-0.2, 0) is 6.42 Å². The number of hydrogen-bond acceptors (Lipinski definition) is 3. The third-order valence-electron chi connectivity index (χ3n) is 9.34. The fourth-order valence-corrected chi connectivity index (χ4v) is 7.14. The van der Waals surface area contributed by atoms with E-state index in [-0.39, 0.29) is 5.92 Å². The first-order valence-corrected chi connectivity index (χ1v) is 15.4. The molecule has 0 spiro atoms. The minimum Gasteiger partial charge on any atom is -0.455 e. The topological polar surface area (TPSA) is 43.9 Å². The van der Waals surface area contributed by atoms with Gasteiger partial charge in [-0.2, -0.15) is 0 Å². The van der Waals surface area contributed by atoms with Gasteiger partial charge in [0.05, 0.1) is 16.7 Å². The molecular formula is C40H29N3O. The molecule has 0 saturated carbocycles. The van der Waals surface area contributed by atoms with Gasteiger partial charge in [0, 0.05) is 44.3 Å². The molecule has 0 bridgehead atoms. The highest BCUT2D eigenvalue weighted by Gasteiger charge is 2.26. The molecule has 7 aromatic rings. The van der Waals surface area contributed by atoms with E-state index in [9.17, 15) is 0 Å². The molecule has 4 nitrogen and oxygen atoms in total. The zero-order valence-electron chi connectivity index (χ0n) is 24.4. The zero-order valence-corrected chi connectivity index (χ0v) is 24.4. The lowest BCUT2D eigenvalue weighted by Gasteiger charge is -2.21. The number of rotatable bonds is 3. The van der Waals surface area contributed by atoms with Gasteiger partial charge in [0.1, 0.15) is 11.2 Å². The van der Waals surface area contributed by atoms with Crippen LogP contribution in [0.2, 0.25) is 0 Å². The van der Waals surface area contributed by atoms with Crippen LogP contribution < -0.4 is 0 Å². The molecule has 44 heavy (non-hydrogen) atoms. The summed E-state index contributed by atoms with van der Waals surface area (Å²) in [7, 11) is 0. The molecule has 9 rings (SSSR count). The van der Waals surface area contributed by atoms with E-state index < -0.39 is 0 Å². The second kappa shape index (κ2) is 9.82. The summed E-state index contributed by atoms with van der Waals surface area (Å²) in [5, 5.41) is 4.58. The van der Waals surface area contributed by atoms with Crippen LogP contribution >= 0.6 is 0 Å². The third kappa shape index (κ3) is 3.79. The SMILES string of the molecule is CC1CC=C=C=CC1c1nc(-n2c3c(c4cc(-c5cccc6c5oc5ccccc56)ccc42)C=CCC3)nc2ccccc12. The Morgan fingerprint density at radius 2 is 1.70 bits per heavy atom. The maximum atomic E-state index is 6.41. The number of fused-ring (bicyclic) bond motifs is 7. The van der Waals surface area contributed by atoms with Crippen LogP contribution in [0.1, 0.15) is 42.6 Å². The van der Waals surface area contributed by atoms with Gasteiger partial charge in [0.25, 0.3) is 0 Å². The molecule has 2 aliphatic rings. The molecule has 0 saturated heterocycles. The Bertz CT molecular complexity index is 2420. The van der Waals surface area contributed by atoms with Crippen LogP contribution in [0.4, 0.5) is 0 Å². The fraction of sp³-hybridized carbons (Fsp3) is 0.150. The maximum Gasteiger partial charge on any atom is 0.235 e. The van der Waals surface area contributed by atoms with Crippen LogP contribution in [0.15, 0.2) is 119 Å². The Labute approximate surface area is 255 Å². The highest BCUT2D eigenvalue weighted by molar-refractivity contribution is 6.10. The zero-order chi connectivity index (χ0) is 29.2. The van der Waals surface area contributed by atoms with Crippen LogP contribution in [0.25, 0.3) is 66.9 Å². The predicted molar refractivity (Wildman–Crippen MR) is 179 cm³/mol. The summed E-state index contributed by atoms with van der Waals surface area (Å²) in [4.78, 5) is 10.5. The van der Waals surface area contributed by atoms with Crippen molar-refractivity contribution in [2.24, 2.45) is 5.92 Å². The van der Waals surface area contributed by atoms with E-state index in [2.05, 4.69) is 120 Å². The fourth-order valence-electron chi connectivity index (χ4n) is 7.14. The third-order valence-corrected chi connectivity index (χ3v) is 9.34. The second-order valence-corrected chi connectivity index (χ2v) is 12.0. The molecule has 4 heteroatoms. The van der Waals surface area contributed by atoms with Crippen LogP contribution in [-0.4, -0.2) is 14.5 Å². The normalized spacial score (nSPS) is 17.7. The molecule has 2 aliphatic carbocycles. The van der Waals surface area contributed by atoms with Crippen molar-refractivity contribution < 1.29 is 4.42 Å². The van der Waals surface area contributed by atoms with Gasteiger partial charge in [-0.25, -0.2) is 9.97 Å². The Morgan fingerprint density at radius 1 is 0.841 bits per heavy atom. The van der Waals surface area contributed by atoms with Crippen molar-refractivity contribution in [3.63, 3.8) is 0 Å².